The largest absolute Gasteiger partial charge is 0.417 e. The third kappa shape index (κ3) is 2.40. The molecule has 13 heavy (non-hydrogen) atoms. The predicted molar refractivity (Wildman–Crippen MR) is 50.9 cm³/mol. The van der Waals surface area contributed by atoms with Crippen molar-refractivity contribution >= 4 is 27.7 Å². The third-order valence-electron chi connectivity index (χ3n) is 1.49. The Hall–Kier alpha value is -0.160. The number of rotatable bonds is 1. The molecular weight excluding hydrogens is 265 g/mol. The molecule has 0 bridgehead atoms. The standard InChI is InChI=1S/C8H6BrF3S/c1-13-6-4-2-3-5(7(6)9)8(10,11)12/h2-4H,1H3. The molecule has 0 spiro atoms. The van der Waals surface area contributed by atoms with E-state index in [1.807, 2.05) is 0 Å². The zero-order chi connectivity index (χ0) is 10.1. The first-order valence-electron chi connectivity index (χ1n) is 3.36. The number of halogens is 4. The molecule has 72 valence electrons. The Labute approximate surface area is 86.6 Å². The Kier molecular flexibility index (Phi) is 3.29. The molecule has 0 N–H and O–H groups in total. The van der Waals surface area contributed by atoms with Gasteiger partial charge in [0.15, 0.2) is 0 Å². The van der Waals surface area contributed by atoms with Gasteiger partial charge in [0.1, 0.15) is 0 Å². The minimum absolute atomic E-state index is 0.120. The molecule has 5 heteroatoms. The molecule has 0 fully saturated rings. The van der Waals surface area contributed by atoms with Crippen molar-refractivity contribution in [3.05, 3.63) is 28.2 Å². The summed E-state index contributed by atoms with van der Waals surface area (Å²) in [4.78, 5) is 0.592. The Balaban J connectivity index is 3.24. The van der Waals surface area contributed by atoms with Gasteiger partial charge in [-0.25, -0.2) is 0 Å². The van der Waals surface area contributed by atoms with E-state index in [1.54, 1.807) is 12.3 Å². The molecule has 1 aromatic rings. The van der Waals surface area contributed by atoms with Gasteiger partial charge in [0.05, 0.1) is 5.56 Å². The summed E-state index contributed by atoms with van der Waals surface area (Å²) in [6.07, 6.45) is -2.55. The zero-order valence-corrected chi connectivity index (χ0v) is 9.05. The summed E-state index contributed by atoms with van der Waals surface area (Å²) in [5.74, 6) is 0. The Morgan fingerprint density at radius 2 is 1.92 bits per heavy atom. The summed E-state index contributed by atoms with van der Waals surface area (Å²) in [7, 11) is 0. The first-order chi connectivity index (χ1) is 5.96. The highest BCUT2D eigenvalue weighted by molar-refractivity contribution is 9.10. The summed E-state index contributed by atoms with van der Waals surface area (Å²) in [6, 6.07) is 4.10. The highest BCUT2D eigenvalue weighted by atomic mass is 79.9. The summed E-state index contributed by atoms with van der Waals surface area (Å²) >= 11 is 4.22. The van der Waals surface area contributed by atoms with Crippen molar-refractivity contribution in [3.63, 3.8) is 0 Å². The molecule has 0 aliphatic carbocycles. The lowest BCUT2D eigenvalue weighted by molar-refractivity contribution is -0.138. The van der Waals surface area contributed by atoms with Gasteiger partial charge >= 0.3 is 6.18 Å². The summed E-state index contributed by atoms with van der Waals surface area (Å²) in [6.45, 7) is 0. The lowest BCUT2D eigenvalue weighted by atomic mass is 10.2. The van der Waals surface area contributed by atoms with Crippen molar-refractivity contribution in [2.45, 2.75) is 11.1 Å². The van der Waals surface area contributed by atoms with Crippen LogP contribution in [0.4, 0.5) is 13.2 Å². The van der Waals surface area contributed by atoms with Crippen LogP contribution in [0.1, 0.15) is 5.56 Å². The van der Waals surface area contributed by atoms with Crippen LogP contribution in [0.5, 0.6) is 0 Å². The number of benzene rings is 1. The second-order valence-electron chi connectivity index (χ2n) is 2.32. The van der Waals surface area contributed by atoms with Gasteiger partial charge in [-0.3, -0.25) is 0 Å². The average molecular weight is 271 g/mol. The molecule has 0 aliphatic rings. The third-order valence-corrected chi connectivity index (χ3v) is 3.39. The van der Waals surface area contributed by atoms with E-state index in [9.17, 15) is 13.2 Å². The van der Waals surface area contributed by atoms with Gasteiger partial charge in [-0.1, -0.05) is 6.07 Å². The predicted octanol–water partition coefficient (Wildman–Crippen LogP) is 4.19. The maximum Gasteiger partial charge on any atom is 0.417 e. The first-order valence-corrected chi connectivity index (χ1v) is 5.38. The lowest BCUT2D eigenvalue weighted by Crippen LogP contribution is -2.06. The van der Waals surface area contributed by atoms with Crippen molar-refractivity contribution in [2.24, 2.45) is 0 Å². The molecule has 0 unspecified atom stereocenters. The average Bonchev–Trinajstić information content (AvgIpc) is 2.02. The van der Waals surface area contributed by atoms with Crippen molar-refractivity contribution < 1.29 is 13.2 Å². The molecule has 0 saturated heterocycles. The van der Waals surface area contributed by atoms with Gasteiger partial charge < -0.3 is 0 Å². The summed E-state index contributed by atoms with van der Waals surface area (Å²) < 4.78 is 37.1. The van der Waals surface area contributed by atoms with Crippen LogP contribution < -0.4 is 0 Å². The molecule has 0 amide bonds. The fraction of sp³-hybridized carbons (Fsp3) is 0.250. The summed E-state index contributed by atoms with van der Waals surface area (Å²) in [5, 5.41) is 0. The van der Waals surface area contributed by atoms with Gasteiger partial charge in [0.25, 0.3) is 0 Å². The van der Waals surface area contributed by atoms with E-state index in [2.05, 4.69) is 15.9 Å². The van der Waals surface area contributed by atoms with Crippen molar-refractivity contribution in [1.82, 2.24) is 0 Å². The Bertz CT molecular complexity index is 309. The highest BCUT2D eigenvalue weighted by Crippen LogP contribution is 2.38. The van der Waals surface area contributed by atoms with Crippen molar-refractivity contribution in [2.75, 3.05) is 6.26 Å². The van der Waals surface area contributed by atoms with Crippen LogP contribution in [0.3, 0.4) is 0 Å². The van der Waals surface area contributed by atoms with Crippen molar-refractivity contribution in [3.8, 4) is 0 Å². The Morgan fingerprint density at radius 3 is 2.38 bits per heavy atom. The fourth-order valence-electron chi connectivity index (χ4n) is 0.887. The van der Waals surface area contributed by atoms with Gasteiger partial charge in [0.2, 0.25) is 0 Å². The van der Waals surface area contributed by atoms with E-state index < -0.39 is 11.7 Å². The van der Waals surface area contributed by atoms with Crippen LogP contribution in [-0.4, -0.2) is 6.26 Å². The van der Waals surface area contributed by atoms with Crippen LogP contribution in [-0.2, 0) is 6.18 Å². The quantitative estimate of drug-likeness (QED) is 0.690. The molecule has 0 heterocycles. The molecule has 0 saturated carbocycles. The topological polar surface area (TPSA) is 0 Å². The van der Waals surface area contributed by atoms with Gasteiger partial charge in [-0.2, -0.15) is 13.2 Å². The van der Waals surface area contributed by atoms with Crippen LogP contribution in [0.2, 0.25) is 0 Å². The van der Waals surface area contributed by atoms with Gasteiger partial charge in [-0.05, 0) is 34.3 Å². The van der Waals surface area contributed by atoms with E-state index in [-0.39, 0.29) is 4.47 Å². The number of alkyl halides is 3. The minimum atomic E-state index is -4.29. The first kappa shape index (κ1) is 10.9. The van der Waals surface area contributed by atoms with E-state index in [0.717, 1.165) is 6.07 Å². The fourth-order valence-corrected chi connectivity index (χ4v) is 2.37. The highest BCUT2D eigenvalue weighted by Gasteiger charge is 2.33. The van der Waals surface area contributed by atoms with E-state index in [4.69, 9.17) is 0 Å². The van der Waals surface area contributed by atoms with E-state index in [0.29, 0.717) is 4.90 Å². The second-order valence-corrected chi connectivity index (χ2v) is 3.96. The van der Waals surface area contributed by atoms with Gasteiger partial charge in [-0.15, -0.1) is 11.8 Å². The monoisotopic (exact) mass is 270 g/mol. The molecule has 1 aromatic carbocycles. The molecular formula is C8H6BrF3S. The number of hydrogen-bond acceptors (Lipinski definition) is 1. The normalized spacial score (nSPS) is 11.8. The van der Waals surface area contributed by atoms with E-state index >= 15 is 0 Å². The maximum absolute atomic E-state index is 12.3. The van der Waals surface area contributed by atoms with Crippen LogP contribution >= 0.6 is 27.7 Å². The van der Waals surface area contributed by atoms with Crippen molar-refractivity contribution in [1.29, 1.82) is 0 Å². The molecule has 1 rings (SSSR count). The molecule has 0 radical (unpaired) electrons. The second kappa shape index (κ2) is 3.92. The van der Waals surface area contributed by atoms with Crippen LogP contribution in [0.15, 0.2) is 27.6 Å². The van der Waals surface area contributed by atoms with Crippen LogP contribution in [0.25, 0.3) is 0 Å². The Morgan fingerprint density at radius 1 is 1.31 bits per heavy atom. The SMILES string of the molecule is CSc1cccc(C(F)(F)F)c1Br. The maximum atomic E-state index is 12.3. The zero-order valence-electron chi connectivity index (χ0n) is 6.65. The van der Waals surface area contributed by atoms with Crippen LogP contribution in [0, 0.1) is 0 Å². The molecule has 0 nitrogen and oxygen atoms in total. The number of hydrogen-bond donors (Lipinski definition) is 0. The molecule has 0 aliphatic heterocycles. The minimum Gasteiger partial charge on any atom is -0.166 e. The number of thioether (sulfide) groups is 1. The summed E-state index contributed by atoms with van der Waals surface area (Å²) in [5.41, 5.74) is -0.626. The molecule has 0 atom stereocenters. The molecule has 0 aromatic heterocycles. The van der Waals surface area contributed by atoms with Gasteiger partial charge in [0, 0.05) is 9.37 Å². The lowest BCUT2D eigenvalue weighted by Gasteiger charge is -2.10. The van der Waals surface area contributed by atoms with E-state index in [1.165, 1.54) is 17.8 Å². The smallest absolute Gasteiger partial charge is 0.166 e.